The second kappa shape index (κ2) is 11.0. The first-order valence-corrected chi connectivity index (χ1v) is 10.00. The predicted molar refractivity (Wildman–Crippen MR) is 116 cm³/mol. The molecule has 2 aromatic carbocycles. The SMILES string of the molecule is CCc1ccc(O[C@H](C)C(=O)NNC(=O)CCC(=O)Nc2ccc(C)c(C)c2)cc1. The van der Waals surface area contributed by atoms with E-state index in [2.05, 4.69) is 23.1 Å². The highest BCUT2D eigenvalue weighted by atomic mass is 16.5. The third kappa shape index (κ3) is 7.24. The summed E-state index contributed by atoms with van der Waals surface area (Å²) >= 11 is 0. The van der Waals surface area contributed by atoms with Gasteiger partial charge in [0.2, 0.25) is 11.8 Å². The molecule has 30 heavy (non-hydrogen) atoms. The maximum atomic E-state index is 12.1. The van der Waals surface area contributed by atoms with Gasteiger partial charge in [0.25, 0.3) is 5.91 Å². The Morgan fingerprint density at radius 2 is 1.57 bits per heavy atom. The summed E-state index contributed by atoms with van der Waals surface area (Å²) in [5.41, 5.74) is 8.70. The van der Waals surface area contributed by atoms with E-state index in [0.29, 0.717) is 11.4 Å². The number of hydrogen-bond donors (Lipinski definition) is 3. The Balaban J connectivity index is 1.70. The van der Waals surface area contributed by atoms with E-state index < -0.39 is 17.9 Å². The monoisotopic (exact) mass is 411 g/mol. The molecule has 3 N–H and O–H groups in total. The van der Waals surface area contributed by atoms with E-state index in [1.165, 1.54) is 5.56 Å². The number of hydrogen-bond acceptors (Lipinski definition) is 4. The maximum absolute atomic E-state index is 12.1. The second-order valence-electron chi connectivity index (χ2n) is 7.14. The van der Waals surface area contributed by atoms with Gasteiger partial charge in [-0.1, -0.05) is 25.1 Å². The number of hydrazine groups is 1. The molecule has 0 fully saturated rings. The molecule has 0 saturated carbocycles. The third-order valence-corrected chi connectivity index (χ3v) is 4.71. The van der Waals surface area contributed by atoms with Crippen molar-refractivity contribution in [1.82, 2.24) is 10.9 Å². The molecule has 0 aliphatic rings. The summed E-state index contributed by atoms with van der Waals surface area (Å²) in [6, 6.07) is 13.1. The molecule has 0 aromatic heterocycles. The van der Waals surface area contributed by atoms with Crippen molar-refractivity contribution in [3.05, 3.63) is 59.2 Å². The first kappa shape index (κ1) is 22.9. The van der Waals surface area contributed by atoms with E-state index in [9.17, 15) is 14.4 Å². The van der Waals surface area contributed by atoms with Gasteiger partial charge in [-0.25, -0.2) is 0 Å². The molecule has 1 atom stereocenters. The minimum Gasteiger partial charge on any atom is -0.481 e. The van der Waals surface area contributed by atoms with Crippen LogP contribution in [0.3, 0.4) is 0 Å². The zero-order valence-electron chi connectivity index (χ0n) is 17.9. The van der Waals surface area contributed by atoms with Gasteiger partial charge < -0.3 is 10.1 Å². The van der Waals surface area contributed by atoms with E-state index in [-0.39, 0.29) is 18.7 Å². The van der Waals surface area contributed by atoms with Crippen LogP contribution in [-0.2, 0) is 20.8 Å². The van der Waals surface area contributed by atoms with Crippen LogP contribution in [0.1, 0.15) is 43.4 Å². The molecular formula is C23H29N3O4. The minimum atomic E-state index is -0.786. The molecule has 0 saturated heterocycles. The van der Waals surface area contributed by atoms with Crippen LogP contribution in [-0.4, -0.2) is 23.8 Å². The molecular weight excluding hydrogens is 382 g/mol. The fourth-order valence-electron chi connectivity index (χ4n) is 2.63. The van der Waals surface area contributed by atoms with Crippen LogP contribution in [0.4, 0.5) is 5.69 Å². The zero-order chi connectivity index (χ0) is 22.1. The van der Waals surface area contributed by atoms with Gasteiger partial charge >= 0.3 is 0 Å². The summed E-state index contributed by atoms with van der Waals surface area (Å²) in [5, 5.41) is 2.76. The van der Waals surface area contributed by atoms with Crippen LogP contribution in [0.2, 0.25) is 0 Å². The van der Waals surface area contributed by atoms with Crippen molar-refractivity contribution in [1.29, 1.82) is 0 Å². The molecule has 0 aliphatic carbocycles. The normalized spacial score (nSPS) is 11.3. The van der Waals surface area contributed by atoms with E-state index in [0.717, 1.165) is 17.5 Å². The smallest absolute Gasteiger partial charge is 0.279 e. The highest BCUT2D eigenvalue weighted by molar-refractivity contribution is 5.93. The van der Waals surface area contributed by atoms with Gasteiger partial charge in [0.1, 0.15) is 5.75 Å². The molecule has 7 nitrogen and oxygen atoms in total. The number of anilines is 1. The number of carbonyl (C=O) groups excluding carboxylic acids is 3. The molecule has 7 heteroatoms. The second-order valence-corrected chi connectivity index (χ2v) is 7.14. The molecule has 0 unspecified atom stereocenters. The Labute approximate surface area is 177 Å². The van der Waals surface area contributed by atoms with Gasteiger partial charge in [-0.2, -0.15) is 0 Å². The van der Waals surface area contributed by atoms with Crippen molar-refractivity contribution < 1.29 is 19.1 Å². The number of rotatable bonds is 8. The fourth-order valence-corrected chi connectivity index (χ4v) is 2.63. The maximum Gasteiger partial charge on any atom is 0.279 e. The topological polar surface area (TPSA) is 96.5 Å². The lowest BCUT2D eigenvalue weighted by atomic mass is 10.1. The number of carbonyl (C=O) groups is 3. The minimum absolute atomic E-state index is 0.00442. The van der Waals surface area contributed by atoms with Crippen molar-refractivity contribution in [3.8, 4) is 5.75 Å². The number of nitrogens with one attached hydrogen (secondary N) is 3. The molecule has 0 radical (unpaired) electrons. The van der Waals surface area contributed by atoms with Crippen molar-refractivity contribution >= 4 is 23.4 Å². The van der Waals surface area contributed by atoms with Gasteiger partial charge in [0.15, 0.2) is 6.10 Å². The summed E-state index contributed by atoms with van der Waals surface area (Å²) in [7, 11) is 0. The highest BCUT2D eigenvalue weighted by Gasteiger charge is 2.16. The first-order chi connectivity index (χ1) is 14.3. The molecule has 0 heterocycles. The Morgan fingerprint density at radius 1 is 0.900 bits per heavy atom. The molecule has 2 aromatic rings. The lowest BCUT2D eigenvalue weighted by molar-refractivity contribution is -0.133. The summed E-state index contributed by atoms with van der Waals surface area (Å²) in [6.07, 6.45) is 0.0889. The van der Waals surface area contributed by atoms with Crippen LogP contribution in [0.5, 0.6) is 5.75 Å². The quantitative estimate of drug-likeness (QED) is 0.581. The van der Waals surface area contributed by atoms with E-state index in [4.69, 9.17) is 4.74 Å². The average Bonchev–Trinajstić information content (AvgIpc) is 2.73. The summed E-state index contributed by atoms with van der Waals surface area (Å²) in [4.78, 5) is 36.0. The number of amides is 3. The Morgan fingerprint density at radius 3 is 2.20 bits per heavy atom. The van der Waals surface area contributed by atoms with Crippen LogP contribution >= 0.6 is 0 Å². The van der Waals surface area contributed by atoms with Gasteiger partial charge in [-0.15, -0.1) is 0 Å². The van der Waals surface area contributed by atoms with E-state index >= 15 is 0 Å². The van der Waals surface area contributed by atoms with Gasteiger partial charge in [0.05, 0.1) is 0 Å². The Bertz CT molecular complexity index is 894. The summed E-state index contributed by atoms with van der Waals surface area (Å²) < 4.78 is 5.56. The molecule has 3 amide bonds. The summed E-state index contributed by atoms with van der Waals surface area (Å²) in [5.74, 6) is -0.642. The van der Waals surface area contributed by atoms with Crippen molar-refractivity contribution in [2.24, 2.45) is 0 Å². The number of aryl methyl sites for hydroxylation is 3. The molecule has 0 bridgehead atoms. The molecule has 0 spiro atoms. The van der Waals surface area contributed by atoms with Crippen LogP contribution in [0.15, 0.2) is 42.5 Å². The summed E-state index contributed by atoms with van der Waals surface area (Å²) in [6.45, 7) is 7.60. The molecule has 0 aliphatic heterocycles. The van der Waals surface area contributed by atoms with Crippen LogP contribution < -0.4 is 20.9 Å². The molecule has 2 rings (SSSR count). The molecule has 160 valence electrons. The standard InChI is InChI=1S/C23H29N3O4/c1-5-18-7-10-20(11-8-18)30-17(4)23(29)26-25-22(28)13-12-21(27)24-19-9-6-15(2)16(3)14-19/h6-11,14,17H,5,12-13H2,1-4H3,(H,24,27)(H,25,28)(H,26,29)/t17-/m1/s1. The zero-order valence-corrected chi connectivity index (χ0v) is 17.9. The number of benzene rings is 2. The van der Waals surface area contributed by atoms with Gasteiger partial charge in [0, 0.05) is 18.5 Å². The largest absolute Gasteiger partial charge is 0.481 e. The lowest BCUT2D eigenvalue weighted by Crippen LogP contribution is -2.47. The van der Waals surface area contributed by atoms with E-state index in [1.807, 2.05) is 44.2 Å². The van der Waals surface area contributed by atoms with Crippen molar-refractivity contribution in [2.75, 3.05) is 5.32 Å². The van der Waals surface area contributed by atoms with Crippen LogP contribution in [0, 0.1) is 13.8 Å². The van der Waals surface area contributed by atoms with Crippen LogP contribution in [0.25, 0.3) is 0 Å². The van der Waals surface area contributed by atoms with E-state index in [1.54, 1.807) is 19.1 Å². The number of ether oxygens (including phenoxy) is 1. The van der Waals surface area contributed by atoms with Crippen molar-refractivity contribution in [2.45, 2.75) is 53.1 Å². The fraction of sp³-hybridized carbons (Fsp3) is 0.348. The Kier molecular flexibility index (Phi) is 8.41. The highest BCUT2D eigenvalue weighted by Crippen LogP contribution is 2.15. The first-order valence-electron chi connectivity index (χ1n) is 10.00. The van der Waals surface area contributed by atoms with Gasteiger partial charge in [-0.3, -0.25) is 25.2 Å². The third-order valence-electron chi connectivity index (χ3n) is 4.71. The predicted octanol–water partition coefficient (Wildman–Crippen LogP) is 3.20. The lowest BCUT2D eigenvalue weighted by Gasteiger charge is -2.15. The Hall–Kier alpha value is -3.35. The average molecular weight is 412 g/mol. The van der Waals surface area contributed by atoms with Crippen molar-refractivity contribution in [3.63, 3.8) is 0 Å². The van der Waals surface area contributed by atoms with Gasteiger partial charge in [-0.05, 0) is 68.1 Å².